The molecule has 1 N–H and O–H groups in total. The predicted octanol–water partition coefficient (Wildman–Crippen LogP) is 2.80. The van der Waals surface area contributed by atoms with E-state index in [1.807, 2.05) is 31.3 Å². The molecule has 0 atom stereocenters. The standard InChI is InChI=1S/C22H26BrFN4O2/c1-26(14-17-2-4-18(23)5-3-17)22(30)16-28-12-10-27(11-13-28)15-21(29)25-20-8-6-19(24)7-9-20/h2-9H,10-16H2,1H3,(H,25,29). The van der Waals surface area contributed by atoms with Crippen LogP contribution in [0.5, 0.6) is 0 Å². The predicted molar refractivity (Wildman–Crippen MR) is 119 cm³/mol. The third-order valence-corrected chi connectivity index (χ3v) is 5.61. The Balaban J connectivity index is 1.38. The van der Waals surface area contributed by atoms with Crippen LogP contribution in [0, 0.1) is 5.82 Å². The number of likely N-dealkylation sites (N-methyl/N-ethyl adjacent to an activating group) is 1. The smallest absolute Gasteiger partial charge is 0.238 e. The number of halogens is 2. The van der Waals surface area contributed by atoms with Crippen molar-refractivity contribution in [3.8, 4) is 0 Å². The number of amides is 2. The van der Waals surface area contributed by atoms with Crippen LogP contribution in [-0.4, -0.2) is 72.8 Å². The quantitative estimate of drug-likeness (QED) is 0.667. The maximum absolute atomic E-state index is 12.9. The van der Waals surface area contributed by atoms with Gasteiger partial charge in [-0.05, 0) is 42.0 Å². The van der Waals surface area contributed by atoms with Gasteiger partial charge in [-0.3, -0.25) is 19.4 Å². The molecule has 2 aromatic rings. The lowest BCUT2D eigenvalue weighted by atomic mass is 10.2. The Morgan fingerprint density at radius 2 is 1.53 bits per heavy atom. The van der Waals surface area contributed by atoms with Gasteiger partial charge in [-0.2, -0.15) is 0 Å². The Morgan fingerprint density at radius 3 is 2.13 bits per heavy atom. The van der Waals surface area contributed by atoms with Gasteiger partial charge in [0.1, 0.15) is 5.82 Å². The van der Waals surface area contributed by atoms with E-state index in [0.717, 1.165) is 36.2 Å². The first-order valence-electron chi connectivity index (χ1n) is 9.87. The van der Waals surface area contributed by atoms with E-state index < -0.39 is 0 Å². The Morgan fingerprint density at radius 1 is 0.967 bits per heavy atom. The number of hydrogen-bond donors (Lipinski definition) is 1. The number of benzene rings is 2. The maximum atomic E-state index is 12.9. The first-order valence-corrected chi connectivity index (χ1v) is 10.7. The zero-order valence-corrected chi connectivity index (χ0v) is 18.6. The fourth-order valence-corrected chi connectivity index (χ4v) is 3.57. The Kier molecular flexibility index (Phi) is 7.95. The number of nitrogens with zero attached hydrogens (tertiary/aromatic N) is 3. The Labute approximate surface area is 184 Å². The third kappa shape index (κ3) is 6.90. The molecule has 1 fully saturated rings. The molecular weight excluding hydrogens is 451 g/mol. The van der Waals surface area contributed by atoms with E-state index in [2.05, 4.69) is 31.0 Å². The first-order chi connectivity index (χ1) is 14.4. The van der Waals surface area contributed by atoms with E-state index >= 15 is 0 Å². The molecule has 0 saturated carbocycles. The van der Waals surface area contributed by atoms with Gasteiger partial charge in [0.25, 0.3) is 0 Å². The highest BCUT2D eigenvalue weighted by Gasteiger charge is 2.22. The van der Waals surface area contributed by atoms with Gasteiger partial charge in [0.2, 0.25) is 11.8 Å². The summed E-state index contributed by atoms with van der Waals surface area (Å²) in [4.78, 5) is 30.6. The molecule has 0 unspecified atom stereocenters. The van der Waals surface area contributed by atoms with Gasteiger partial charge in [-0.15, -0.1) is 0 Å². The Bertz CT molecular complexity index is 852. The van der Waals surface area contributed by atoms with Crippen molar-refractivity contribution in [2.45, 2.75) is 6.54 Å². The van der Waals surface area contributed by atoms with E-state index in [4.69, 9.17) is 0 Å². The van der Waals surface area contributed by atoms with E-state index in [-0.39, 0.29) is 24.2 Å². The summed E-state index contributed by atoms with van der Waals surface area (Å²) in [5, 5.41) is 2.78. The summed E-state index contributed by atoms with van der Waals surface area (Å²) in [5.41, 5.74) is 1.67. The monoisotopic (exact) mass is 476 g/mol. The van der Waals surface area contributed by atoms with Crippen molar-refractivity contribution in [3.05, 3.63) is 64.4 Å². The van der Waals surface area contributed by atoms with Crippen LogP contribution in [0.15, 0.2) is 53.0 Å². The minimum atomic E-state index is -0.332. The normalized spacial score (nSPS) is 15.0. The average Bonchev–Trinajstić information content (AvgIpc) is 2.73. The van der Waals surface area contributed by atoms with Crippen molar-refractivity contribution in [1.29, 1.82) is 0 Å². The van der Waals surface area contributed by atoms with Crippen LogP contribution in [0.4, 0.5) is 10.1 Å². The van der Waals surface area contributed by atoms with E-state index in [1.165, 1.54) is 12.1 Å². The topological polar surface area (TPSA) is 55.9 Å². The number of nitrogens with one attached hydrogen (secondary N) is 1. The van der Waals surface area contributed by atoms with E-state index in [9.17, 15) is 14.0 Å². The number of carbonyl (C=O) groups excluding carboxylic acids is 2. The summed E-state index contributed by atoms with van der Waals surface area (Å²) in [5.74, 6) is -0.373. The molecule has 3 rings (SSSR count). The minimum absolute atomic E-state index is 0.0837. The van der Waals surface area contributed by atoms with Crippen molar-refractivity contribution in [3.63, 3.8) is 0 Å². The molecular formula is C22H26BrFN4O2. The summed E-state index contributed by atoms with van der Waals surface area (Å²) in [6, 6.07) is 13.7. The van der Waals surface area contributed by atoms with Gasteiger partial charge in [-0.25, -0.2) is 4.39 Å². The third-order valence-electron chi connectivity index (χ3n) is 5.08. The van der Waals surface area contributed by atoms with Gasteiger partial charge in [-0.1, -0.05) is 28.1 Å². The molecule has 2 amide bonds. The number of anilines is 1. The highest BCUT2D eigenvalue weighted by molar-refractivity contribution is 9.10. The van der Waals surface area contributed by atoms with Crippen LogP contribution >= 0.6 is 15.9 Å². The van der Waals surface area contributed by atoms with Gasteiger partial charge >= 0.3 is 0 Å². The maximum Gasteiger partial charge on any atom is 0.238 e. The highest BCUT2D eigenvalue weighted by Crippen LogP contribution is 2.12. The summed E-state index contributed by atoms with van der Waals surface area (Å²) in [6.07, 6.45) is 0. The van der Waals surface area contributed by atoms with Crippen molar-refractivity contribution >= 4 is 33.4 Å². The summed E-state index contributed by atoms with van der Waals surface area (Å²) < 4.78 is 14.0. The second kappa shape index (κ2) is 10.7. The molecule has 0 spiro atoms. The zero-order chi connectivity index (χ0) is 21.5. The number of carbonyl (C=O) groups is 2. The van der Waals surface area contributed by atoms with E-state index in [1.54, 1.807) is 17.0 Å². The molecule has 8 heteroatoms. The van der Waals surface area contributed by atoms with Crippen molar-refractivity contribution in [2.75, 3.05) is 51.6 Å². The number of hydrogen-bond acceptors (Lipinski definition) is 4. The van der Waals surface area contributed by atoms with Gasteiger partial charge in [0, 0.05) is 49.9 Å². The average molecular weight is 477 g/mol. The molecule has 0 radical (unpaired) electrons. The summed E-state index contributed by atoms with van der Waals surface area (Å²) in [6.45, 7) is 4.16. The van der Waals surface area contributed by atoms with Crippen LogP contribution in [0.1, 0.15) is 5.56 Å². The largest absolute Gasteiger partial charge is 0.340 e. The van der Waals surface area contributed by atoms with Crippen molar-refractivity contribution in [1.82, 2.24) is 14.7 Å². The minimum Gasteiger partial charge on any atom is -0.340 e. The van der Waals surface area contributed by atoms with Crippen LogP contribution < -0.4 is 5.32 Å². The van der Waals surface area contributed by atoms with Crippen molar-refractivity contribution < 1.29 is 14.0 Å². The molecule has 1 aliphatic rings. The zero-order valence-electron chi connectivity index (χ0n) is 17.0. The molecule has 0 aliphatic carbocycles. The lowest BCUT2D eigenvalue weighted by molar-refractivity contribution is -0.132. The highest BCUT2D eigenvalue weighted by atomic mass is 79.9. The summed E-state index contributed by atoms with van der Waals surface area (Å²) >= 11 is 3.42. The molecule has 160 valence electrons. The number of piperazine rings is 1. The molecule has 1 saturated heterocycles. The second-order valence-electron chi connectivity index (χ2n) is 7.48. The fraction of sp³-hybridized carbons (Fsp3) is 0.364. The molecule has 0 bridgehead atoms. The van der Waals surface area contributed by atoms with E-state index in [0.29, 0.717) is 18.8 Å². The molecule has 1 aliphatic heterocycles. The van der Waals surface area contributed by atoms with Crippen molar-refractivity contribution in [2.24, 2.45) is 0 Å². The van der Waals surface area contributed by atoms with Gasteiger partial charge < -0.3 is 10.2 Å². The molecule has 0 aromatic heterocycles. The van der Waals surface area contributed by atoms with Crippen LogP contribution in [-0.2, 0) is 16.1 Å². The molecule has 1 heterocycles. The molecule has 2 aromatic carbocycles. The summed E-state index contributed by atoms with van der Waals surface area (Å²) in [7, 11) is 1.82. The number of rotatable bonds is 7. The van der Waals surface area contributed by atoms with Gasteiger partial charge in [0.05, 0.1) is 13.1 Å². The molecule has 30 heavy (non-hydrogen) atoms. The van der Waals surface area contributed by atoms with Crippen LogP contribution in [0.25, 0.3) is 0 Å². The lowest BCUT2D eigenvalue weighted by Gasteiger charge is -2.34. The lowest BCUT2D eigenvalue weighted by Crippen LogP contribution is -2.51. The first kappa shape index (κ1) is 22.4. The van der Waals surface area contributed by atoms with Crippen LogP contribution in [0.2, 0.25) is 0 Å². The SMILES string of the molecule is CN(Cc1ccc(Br)cc1)C(=O)CN1CCN(CC(=O)Nc2ccc(F)cc2)CC1. The Hall–Kier alpha value is -2.29. The van der Waals surface area contributed by atoms with Gasteiger partial charge in [0.15, 0.2) is 0 Å². The van der Waals surface area contributed by atoms with Crippen LogP contribution in [0.3, 0.4) is 0 Å². The molecule has 6 nitrogen and oxygen atoms in total. The fourth-order valence-electron chi connectivity index (χ4n) is 3.31. The second-order valence-corrected chi connectivity index (χ2v) is 8.40.